The Hall–Kier alpha value is -0.900. The number of piperidine rings is 1. The number of hydrogen-bond donors (Lipinski definition) is 2. The second-order valence-electron chi connectivity index (χ2n) is 5.98. The van der Waals surface area contributed by atoms with Crippen LogP contribution in [-0.4, -0.2) is 41.8 Å². The Labute approximate surface area is 123 Å². The fraction of sp³-hybridized carbons (Fsp3) is 0.647. The number of likely N-dealkylation sites (tertiary alicyclic amines) is 1. The normalized spacial score (nSPS) is 19.1. The van der Waals surface area contributed by atoms with Gasteiger partial charge in [-0.1, -0.05) is 30.3 Å². The second-order valence-corrected chi connectivity index (χ2v) is 5.98. The molecule has 1 saturated heterocycles. The third-order valence-electron chi connectivity index (χ3n) is 4.07. The molecular formula is C17H28N2O. The minimum Gasteiger partial charge on any atom is -0.393 e. The molecule has 1 heterocycles. The summed E-state index contributed by atoms with van der Waals surface area (Å²) in [6, 6.07) is 11.4. The van der Waals surface area contributed by atoms with E-state index in [1.807, 2.05) is 6.92 Å². The smallest absolute Gasteiger partial charge is 0.0512 e. The number of aliphatic hydroxyl groups excluding tert-OH is 1. The molecule has 1 atom stereocenters. The maximum Gasteiger partial charge on any atom is 0.0512 e. The minimum atomic E-state index is -0.162. The van der Waals surface area contributed by atoms with Crippen LogP contribution in [0.15, 0.2) is 30.3 Å². The average Bonchev–Trinajstić information content (AvgIpc) is 2.46. The van der Waals surface area contributed by atoms with Gasteiger partial charge >= 0.3 is 0 Å². The Bertz CT molecular complexity index is 359. The molecule has 0 saturated carbocycles. The zero-order valence-electron chi connectivity index (χ0n) is 12.6. The average molecular weight is 276 g/mol. The van der Waals surface area contributed by atoms with E-state index < -0.39 is 0 Å². The first-order valence-corrected chi connectivity index (χ1v) is 7.92. The summed E-state index contributed by atoms with van der Waals surface area (Å²) in [7, 11) is 0. The van der Waals surface area contributed by atoms with Crippen molar-refractivity contribution in [1.29, 1.82) is 0 Å². The monoisotopic (exact) mass is 276 g/mol. The van der Waals surface area contributed by atoms with Gasteiger partial charge in [0.25, 0.3) is 0 Å². The molecule has 112 valence electrons. The lowest BCUT2D eigenvalue weighted by molar-refractivity contribution is 0.174. The van der Waals surface area contributed by atoms with E-state index in [1.54, 1.807) is 0 Å². The zero-order chi connectivity index (χ0) is 14.2. The Morgan fingerprint density at radius 1 is 1.25 bits per heavy atom. The van der Waals surface area contributed by atoms with Gasteiger partial charge in [-0.2, -0.15) is 0 Å². The summed E-state index contributed by atoms with van der Waals surface area (Å²) in [5, 5.41) is 12.9. The Balaban J connectivity index is 1.60. The molecule has 0 aromatic heterocycles. The van der Waals surface area contributed by atoms with E-state index in [0.29, 0.717) is 6.04 Å². The minimum absolute atomic E-state index is 0.162. The summed E-state index contributed by atoms with van der Waals surface area (Å²) < 4.78 is 0. The third kappa shape index (κ3) is 5.61. The van der Waals surface area contributed by atoms with Crippen molar-refractivity contribution in [3.05, 3.63) is 35.9 Å². The van der Waals surface area contributed by atoms with Crippen LogP contribution in [0.3, 0.4) is 0 Å². The topological polar surface area (TPSA) is 35.5 Å². The predicted molar refractivity (Wildman–Crippen MR) is 83.7 cm³/mol. The number of nitrogens with one attached hydrogen (secondary N) is 1. The van der Waals surface area contributed by atoms with Gasteiger partial charge in [0.15, 0.2) is 0 Å². The molecule has 3 nitrogen and oxygen atoms in total. The van der Waals surface area contributed by atoms with Gasteiger partial charge in [0.2, 0.25) is 0 Å². The van der Waals surface area contributed by atoms with Crippen molar-refractivity contribution < 1.29 is 5.11 Å². The number of rotatable bonds is 7. The summed E-state index contributed by atoms with van der Waals surface area (Å²) in [5.41, 5.74) is 1.41. The van der Waals surface area contributed by atoms with Crippen LogP contribution in [-0.2, 0) is 6.54 Å². The molecule has 2 rings (SSSR count). The Morgan fingerprint density at radius 2 is 1.95 bits per heavy atom. The Morgan fingerprint density at radius 3 is 2.60 bits per heavy atom. The molecule has 1 fully saturated rings. The van der Waals surface area contributed by atoms with Crippen molar-refractivity contribution in [2.24, 2.45) is 0 Å². The van der Waals surface area contributed by atoms with Crippen LogP contribution in [0, 0.1) is 0 Å². The first-order valence-electron chi connectivity index (χ1n) is 7.92. The number of nitrogens with zero attached hydrogens (tertiary/aromatic N) is 1. The number of aliphatic hydroxyl groups is 1. The van der Waals surface area contributed by atoms with Crippen LogP contribution in [0.4, 0.5) is 0 Å². The lowest BCUT2D eigenvalue weighted by atomic mass is 10.0. The van der Waals surface area contributed by atoms with Gasteiger partial charge in [0, 0.05) is 12.6 Å². The molecule has 20 heavy (non-hydrogen) atoms. The van der Waals surface area contributed by atoms with Gasteiger partial charge in [-0.05, 0) is 57.8 Å². The quantitative estimate of drug-likeness (QED) is 0.751. The van der Waals surface area contributed by atoms with Crippen molar-refractivity contribution in [1.82, 2.24) is 10.2 Å². The van der Waals surface area contributed by atoms with Gasteiger partial charge in [-0.25, -0.2) is 0 Å². The van der Waals surface area contributed by atoms with Gasteiger partial charge in [0.1, 0.15) is 0 Å². The highest BCUT2D eigenvalue weighted by Gasteiger charge is 2.18. The molecular weight excluding hydrogens is 248 g/mol. The van der Waals surface area contributed by atoms with Crippen LogP contribution in [0.25, 0.3) is 0 Å². The number of hydrogen-bond acceptors (Lipinski definition) is 3. The Kier molecular flexibility index (Phi) is 6.51. The summed E-state index contributed by atoms with van der Waals surface area (Å²) in [6.07, 6.45) is 4.29. The molecule has 1 aliphatic rings. The van der Waals surface area contributed by atoms with Crippen molar-refractivity contribution in [2.75, 3.05) is 19.6 Å². The first-order chi connectivity index (χ1) is 9.74. The summed E-state index contributed by atoms with van der Waals surface area (Å²) >= 11 is 0. The molecule has 0 spiro atoms. The lowest BCUT2D eigenvalue weighted by Crippen LogP contribution is -2.42. The van der Waals surface area contributed by atoms with Crippen molar-refractivity contribution in [2.45, 2.75) is 51.3 Å². The van der Waals surface area contributed by atoms with E-state index in [4.69, 9.17) is 0 Å². The van der Waals surface area contributed by atoms with Gasteiger partial charge in [-0.3, -0.25) is 4.90 Å². The van der Waals surface area contributed by atoms with Gasteiger partial charge < -0.3 is 10.4 Å². The molecule has 1 unspecified atom stereocenters. The van der Waals surface area contributed by atoms with Gasteiger partial charge in [-0.15, -0.1) is 0 Å². The van der Waals surface area contributed by atoms with Crippen molar-refractivity contribution >= 4 is 0 Å². The molecule has 2 N–H and O–H groups in total. The zero-order valence-corrected chi connectivity index (χ0v) is 12.6. The summed E-state index contributed by atoms with van der Waals surface area (Å²) in [6.45, 7) is 6.35. The SMILES string of the molecule is CC(O)CCCNC1CCN(Cc2ccccc2)CC1. The molecule has 0 bridgehead atoms. The second kappa shape index (κ2) is 8.40. The summed E-state index contributed by atoms with van der Waals surface area (Å²) in [4.78, 5) is 2.54. The third-order valence-corrected chi connectivity index (χ3v) is 4.07. The summed E-state index contributed by atoms with van der Waals surface area (Å²) in [5.74, 6) is 0. The first kappa shape index (κ1) is 15.5. The standard InChI is InChI=1S/C17H28N2O/c1-15(20)6-5-11-18-17-9-12-19(13-10-17)14-16-7-3-2-4-8-16/h2-4,7-8,15,17-18,20H,5-6,9-14H2,1H3. The molecule has 0 amide bonds. The molecule has 1 aromatic rings. The predicted octanol–water partition coefficient (Wildman–Crippen LogP) is 2.40. The van der Waals surface area contributed by atoms with Crippen LogP contribution < -0.4 is 5.32 Å². The maximum absolute atomic E-state index is 9.23. The molecule has 3 heteroatoms. The van der Waals surface area contributed by atoms with Crippen LogP contribution >= 0.6 is 0 Å². The molecule has 0 radical (unpaired) electrons. The van der Waals surface area contributed by atoms with E-state index in [2.05, 4.69) is 40.5 Å². The van der Waals surface area contributed by atoms with Crippen molar-refractivity contribution in [3.8, 4) is 0 Å². The molecule has 1 aliphatic heterocycles. The van der Waals surface area contributed by atoms with E-state index in [-0.39, 0.29) is 6.10 Å². The number of benzene rings is 1. The van der Waals surface area contributed by atoms with E-state index in [0.717, 1.165) is 25.9 Å². The maximum atomic E-state index is 9.23. The van der Waals surface area contributed by atoms with E-state index >= 15 is 0 Å². The van der Waals surface area contributed by atoms with Crippen LogP contribution in [0.2, 0.25) is 0 Å². The highest BCUT2D eigenvalue weighted by Crippen LogP contribution is 2.13. The van der Waals surface area contributed by atoms with Crippen molar-refractivity contribution in [3.63, 3.8) is 0 Å². The molecule has 1 aromatic carbocycles. The highest BCUT2D eigenvalue weighted by atomic mass is 16.3. The van der Waals surface area contributed by atoms with E-state index in [9.17, 15) is 5.11 Å². The molecule has 0 aliphatic carbocycles. The lowest BCUT2D eigenvalue weighted by Gasteiger charge is -2.32. The fourth-order valence-electron chi connectivity index (χ4n) is 2.84. The fourth-order valence-corrected chi connectivity index (χ4v) is 2.84. The highest BCUT2D eigenvalue weighted by molar-refractivity contribution is 5.14. The van der Waals surface area contributed by atoms with E-state index in [1.165, 1.54) is 31.5 Å². The largest absolute Gasteiger partial charge is 0.393 e. The van der Waals surface area contributed by atoms with Crippen LogP contribution in [0.1, 0.15) is 38.2 Å². The van der Waals surface area contributed by atoms with Gasteiger partial charge in [0.05, 0.1) is 6.10 Å². The van der Waals surface area contributed by atoms with Crippen LogP contribution in [0.5, 0.6) is 0 Å².